The number of fused-ring (bicyclic) bond motifs is 2. The average Bonchev–Trinajstić information content (AvgIpc) is 3.25. The van der Waals surface area contributed by atoms with Crippen molar-refractivity contribution in [1.82, 2.24) is 14.8 Å². The van der Waals surface area contributed by atoms with Crippen LogP contribution >= 0.6 is 11.3 Å². The summed E-state index contributed by atoms with van der Waals surface area (Å²) >= 11 is 1.82. The van der Waals surface area contributed by atoms with Gasteiger partial charge in [-0.1, -0.05) is 6.07 Å². The van der Waals surface area contributed by atoms with E-state index >= 15 is 0 Å². The molecule has 0 saturated carbocycles. The van der Waals surface area contributed by atoms with Crippen LogP contribution in [0.3, 0.4) is 0 Å². The van der Waals surface area contributed by atoms with Crippen molar-refractivity contribution in [3.63, 3.8) is 0 Å². The molecule has 1 aliphatic carbocycles. The zero-order chi connectivity index (χ0) is 19.8. The Morgan fingerprint density at radius 3 is 2.93 bits per heavy atom. The van der Waals surface area contributed by atoms with E-state index in [-0.39, 0.29) is 17.5 Å². The minimum atomic E-state index is -0.201. The summed E-state index contributed by atoms with van der Waals surface area (Å²) < 4.78 is 0. The lowest BCUT2D eigenvalue weighted by Crippen LogP contribution is -2.56. The lowest BCUT2D eigenvalue weighted by molar-refractivity contribution is 0.0185. The molecule has 6 heteroatoms. The number of rotatable bonds is 3. The third-order valence-corrected chi connectivity index (χ3v) is 7.80. The number of hydrogen-bond donors (Lipinski definition) is 1. The lowest BCUT2D eigenvalue weighted by Gasteiger charge is -2.47. The minimum absolute atomic E-state index is 0.0546. The van der Waals surface area contributed by atoms with Crippen LogP contribution in [0.15, 0.2) is 28.4 Å². The van der Waals surface area contributed by atoms with E-state index in [1.807, 2.05) is 22.3 Å². The van der Waals surface area contributed by atoms with Crippen molar-refractivity contribution in [2.75, 3.05) is 19.6 Å². The maximum absolute atomic E-state index is 13.4. The minimum Gasteiger partial charge on any atom is -0.335 e. The SMILES string of the molecule is O=C(c1cc2c([nH]c1=O)CCCC2)N1CCC[C@@H]2CN(Cc3cccs3)CC[C@H]21. The Labute approximate surface area is 175 Å². The van der Waals surface area contributed by atoms with Gasteiger partial charge in [-0.2, -0.15) is 0 Å². The van der Waals surface area contributed by atoms with E-state index in [4.69, 9.17) is 0 Å². The molecule has 4 heterocycles. The Hall–Kier alpha value is -1.92. The van der Waals surface area contributed by atoms with Gasteiger partial charge in [0.1, 0.15) is 5.56 Å². The molecule has 5 nitrogen and oxygen atoms in total. The van der Waals surface area contributed by atoms with Crippen molar-refractivity contribution in [1.29, 1.82) is 0 Å². The topological polar surface area (TPSA) is 56.4 Å². The number of nitrogens with one attached hydrogen (secondary N) is 1. The Morgan fingerprint density at radius 1 is 1.17 bits per heavy atom. The summed E-state index contributed by atoms with van der Waals surface area (Å²) in [6.45, 7) is 3.86. The predicted octanol–water partition coefficient (Wildman–Crippen LogP) is 3.44. The fourth-order valence-corrected chi connectivity index (χ4v) is 6.23. The highest BCUT2D eigenvalue weighted by Crippen LogP contribution is 2.32. The van der Waals surface area contributed by atoms with Crippen LogP contribution in [0, 0.1) is 5.92 Å². The number of H-pyrrole nitrogens is 1. The molecule has 2 aromatic heterocycles. The van der Waals surface area contributed by atoms with Crippen molar-refractivity contribution in [3.05, 3.63) is 55.6 Å². The smallest absolute Gasteiger partial charge is 0.261 e. The van der Waals surface area contributed by atoms with Crippen LogP contribution in [0.1, 0.15) is 58.6 Å². The first kappa shape index (κ1) is 19.1. The fraction of sp³-hybridized carbons (Fsp3) is 0.565. The molecule has 2 aromatic rings. The molecule has 2 aliphatic heterocycles. The van der Waals surface area contributed by atoms with Crippen LogP contribution < -0.4 is 5.56 Å². The standard InChI is InChI=1S/C23H29N3O2S/c27-22-19(13-16-5-1-2-8-20(16)24-22)23(28)26-10-3-6-17-14-25(11-9-21(17)26)15-18-7-4-12-29-18/h4,7,12-13,17,21H,1-3,5-6,8-11,14-15H2,(H,24,27)/t17-,21-/m1/s1. The molecule has 0 bridgehead atoms. The van der Waals surface area contributed by atoms with Gasteiger partial charge in [0.05, 0.1) is 0 Å². The molecule has 0 spiro atoms. The van der Waals surface area contributed by atoms with Gasteiger partial charge in [0.15, 0.2) is 0 Å². The molecule has 5 rings (SSSR count). The highest BCUT2D eigenvalue weighted by molar-refractivity contribution is 7.09. The molecule has 2 fully saturated rings. The van der Waals surface area contributed by atoms with E-state index in [2.05, 4.69) is 27.4 Å². The molecule has 1 N–H and O–H groups in total. The van der Waals surface area contributed by atoms with Crippen molar-refractivity contribution >= 4 is 17.2 Å². The molecule has 2 saturated heterocycles. The molecule has 0 unspecified atom stereocenters. The summed E-state index contributed by atoms with van der Waals surface area (Å²) in [5.74, 6) is 0.458. The van der Waals surface area contributed by atoms with Gasteiger partial charge in [-0.15, -0.1) is 11.3 Å². The van der Waals surface area contributed by atoms with E-state index in [1.54, 1.807) is 0 Å². The summed E-state index contributed by atoms with van der Waals surface area (Å²) in [6.07, 6.45) is 7.36. The summed E-state index contributed by atoms with van der Waals surface area (Å²) in [5.41, 5.74) is 2.36. The van der Waals surface area contributed by atoms with Crippen LogP contribution in [-0.4, -0.2) is 46.4 Å². The molecule has 154 valence electrons. The zero-order valence-corrected chi connectivity index (χ0v) is 17.7. The largest absolute Gasteiger partial charge is 0.335 e. The molecular formula is C23H29N3O2S. The number of amides is 1. The monoisotopic (exact) mass is 411 g/mol. The Bertz CT molecular complexity index is 936. The number of piperidine rings is 2. The average molecular weight is 412 g/mol. The number of pyridine rings is 1. The molecule has 0 radical (unpaired) electrons. The Balaban J connectivity index is 1.33. The highest BCUT2D eigenvalue weighted by Gasteiger charge is 2.39. The fourth-order valence-electron chi connectivity index (χ4n) is 5.49. The number of carbonyl (C=O) groups excluding carboxylic acids is 1. The summed E-state index contributed by atoms with van der Waals surface area (Å²) in [7, 11) is 0. The number of carbonyl (C=O) groups is 1. The van der Waals surface area contributed by atoms with Crippen LogP contribution in [0.25, 0.3) is 0 Å². The summed E-state index contributed by atoms with van der Waals surface area (Å²) in [5, 5.41) is 2.14. The molecule has 1 amide bonds. The molecule has 29 heavy (non-hydrogen) atoms. The number of thiophene rings is 1. The third-order valence-electron chi connectivity index (χ3n) is 6.94. The first-order valence-electron chi connectivity index (χ1n) is 11.0. The maximum Gasteiger partial charge on any atom is 0.261 e. The first-order valence-corrected chi connectivity index (χ1v) is 11.9. The van der Waals surface area contributed by atoms with E-state index in [1.165, 1.54) is 16.9 Å². The number of aromatic amines is 1. The zero-order valence-electron chi connectivity index (χ0n) is 16.9. The van der Waals surface area contributed by atoms with E-state index in [0.717, 1.165) is 70.4 Å². The second kappa shape index (κ2) is 8.07. The normalized spacial score (nSPS) is 24.8. The van der Waals surface area contributed by atoms with Crippen molar-refractivity contribution in [3.8, 4) is 0 Å². The third kappa shape index (κ3) is 3.80. The van der Waals surface area contributed by atoms with Crippen molar-refractivity contribution in [2.24, 2.45) is 5.92 Å². The van der Waals surface area contributed by atoms with Gasteiger partial charge in [0.25, 0.3) is 11.5 Å². The van der Waals surface area contributed by atoms with Gasteiger partial charge in [-0.05, 0) is 73.9 Å². The van der Waals surface area contributed by atoms with Crippen LogP contribution in [0.2, 0.25) is 0 Å². The van der Waals surface area contributed by atoms with Gasteiger partial charge in [0.2, 0.25) is 0 Å². The predicted molar refractivity (Wildman–Crippen MR) is 115 cm³/mol. The molecule has 2 atom stereocenters. The number of nitrogens with zero attached hydrogens (tertiary/aromatic N) is 2. The Morgan fingerprint density at radius 2 is 2.07 bits per heavy atom. The lowest BCUT2D eigenvalue weighted by atomic mass is 9.83. The van der Waals surface area contributed by atoms with E-state index < -0.39 is 0 Å². The van der Waals surface area contributed by atoms with Gasteiger partial charge in [0, 0.05) is 42.8 Å². The van der Waals surface area contributed by atoms with Gasteiger partial charge in [-0.3, -0.25) is 14.5 Å². The molecular weight excluding hydrogens is 382 g/mol. The van der Waals surface area contributed by atoms with E-state index in [9.17, 15) is 9.59 Å². The van der Waals surface area contributed by atoms with Crippen LogP contribution in [-0.2, 0) is 19.4 Å². The maximum atomic E-state index is 13.4. The Kier molecular flexibility index (Phi) is 5.31. The second-order valence-electron chi connectivity index (χ2n) is 8.79. The first-order chi connectivity index (χ1) is 14.2. The van der Waals surface area contributed by atoms with Crippen molar-refractivity contribution in [2.45, 2.75) is 57.5 Å². The molecule has 3 aliphatic rings. The number of aryl methyl sites for hydroxylation is 2. The van der Waals surface area contributed by atoms with Crippen LogP contribution in [0.5, 0.6) is 0 Å². The number of likely N-dealkylation sites (tertiary alicyclic amines) is 2. The van der Waals surface area contributed by atoms with Crippen LogP contribution in [0.4, 0.5) is 0 Å². The quantitative estimate of drug-likeness (QED) is 0.842. The number of hydrogen-bond acceptors (Lipinski definition) is 4. The summed E-state index contributed by atoms with van der Waals surface area (Å²) in [4.78, 5) is 35.0. The van der Waals surface area contributed by atoms with E-state index in [0.29, 0.717) is 11.5 Å². The second-order valence-corrected chi connectivity index (χ2v) is 9.83. The number of aromatic nitrogens is 1. The van der Waals surface area contributed by atoms with Gasteiger partial charge < -0.3 is 9.88 Å². The summed E-state index contributed by atoms with van der Waals surface area (Å²) in [6, 6.07) is 6.48. The highest BCUT2D eigenvalue weighted by atomic mass is 32.1. The van der Waals surface area contributed by atoms with Gasteiger partial charge >= 0.3 is 0 Å². The van der Waals surface area contributed by atoms with Gasteiger partial charge in [-0.25, -0.2) is 0 Å². The van der Waals surface area contributed by atoms with Crippen molar-refractivity contribution < 1.29 is 4.79 Å². The molecule has 0 aromatic carbocycles.